The van der Waals surface area contributed by atoms with Crippen molar-refractivity contribution in [2.24, 2.45) is 0 Å². The van der Waals surface area contributed by atoms with Gasteiger partial charge in [-0.3, -0.25) is 14.2 Å². The summed E-state index contributed by atoms with van der Waals surface area (Å²) in [5, 5.41) is 12.7. The Morgan fingerprint density at radius 2 is 1.96 bits per heavy atom. The van der Waals surface area contributed by atoms with Crippen molar-refractivity contribution in [3.05, 3.63) is 64.4 Å². The zero-order valence-electron chi connectivity index (χ0n) is 15.5. The maximum absolute atomic E-state index is 12.7. The third-order valence-electron chi connectivity index (χ3n) is 4.13. The molecule has 0 atom stereocenters. The quantitative estimate of drug-likeness (QED) is 0.490. The summed E-state index contributed by atoms with van der Waals surface area (Å²) in [5.41, 5.74) is 2.13. The van der Waals surface area contributed by atoms with Crippen LogP contribution in [0.25, 0.3) is 10.9 Å². The number of hydrogen-bond acceptors (Lipinski definition) is 5. The van der Waals surface area contributed by atoms with Crippen LogP contribution in [0.2, 0.25) is 0 Å². The molecule has 1 amide bonds. The molecule has 0 fully saturated rings. The van der Waals surface area contributed by atoms with Crippen LogP contribution in [0.3, 0.4) is 0 Å². The average molecular weight is 392 g/mol. The lowest BCUT2D eigenvalue weighted by molar-refractivity contribution is -0.113. The van der Waals surface area contributed by atoms with E-state index >= 15 is 0 Å². The normalized spacial score (nSPS) is 10.6. The van der Waals surface area contributed by atoms with Crippen LogP contribution in [0.15, 0.2) is 58.5 Å². The number of anilines is 1. The smallest absolute Gasteiger partial charge is 0.262 e. The predicted molar refractivity (Wildman–Crippen MR) is 111 cm³/mol. The van der Waals surface area contributed by atoms with Crippen LogP contribution in [0, 0.1) is 11.3 Å². The van der Waals surface area contributed by atoms with Gasteiger partial charge in [-0.2, -0.15) is 5.26 Å². The molecule has 28 heavy (non-hydrogen) atoms. The Kier molecular flexibility index (Phi) is 6.45. The van der Waals surface area contributed by atoms with E-state index in [2.05, 4.69) is 16.4 Å². The van der Waals surface area contributed by atoms with Crippen LogP contribution < -0.4 is 10.9 Å². The highest BCUT2D eigenvalue weighted by molar-refractivity contribution is 7.99. The Balaban J connectivity index is 1.73. The van der Waals surface area contributed by atoms with E-state index in [4.69, 9.17) is 5.26 Å². The number of aromatic nitrogens is 2. The maximum atomic E-state index is 12.7. The van der Waals surface area contributed by atoms with Gasteiger partial charge in [0, 0.05) is 12.2 Å². The number of nitriles is 1. The fraction of sp³-hybridized carbons (Fsp3) is 0.238. The minimum Gasteiger partial charge on any atom is -0.325 e. The highest BCUT2D eigenvalue weighted by atomic mass is 32.2. The summed E-state index contributed by atoms with van der Waals surface area (Å²) < 4.78 is 1.64. The van der Waals surface area contributed by atoms with Gasteiger partial charge in [0.1, 0.15) is 0 Å². The minimum atomic E-state index is -0.177. The molecule has 0 unspecified atom stereocenters. The Morgan fingerprint density at radius 1 is 1.21 bits per heavy atom. The van der Waals surface area contributed by atoms with E-state index in [1.807, 2.05) is 31.2 Å². The Hall–Kier alpha value is -3.11. The first-order chi connectivity index (χ1) is 13.6. The minimum absolute atomic E-state index is 0.0801. The van der Waals surface area contributed by atoms with E-state index < -0.39 is 0 Å². The van der Waals surface area contributed by atoms with Gasteiger partial charge in [0.2, 0.25) is 5.91 Å². The molecule has 1 heterocycles. The fourth-order valence-electron chi connectivity index (χ4n) is 2.80. The molecule has 142 valence electrons. The molecule has 0 spiro atoms. The monoisotopic (exact) mass is 392 g/mol. The SMILES string of the molecule is CCCn1c(SCC(=O)Nc2ccc(CC#N)cc2)nc2ccccc2c1=O. The summed E-state index contributed by atoms with van der Waals surface area (Å²) in [6.07, 6.45) is 1.14. The van der Waals surface area contributed by atoms with E-state index in [0.29, 0.717) is 34.7 Å². The summed E-state index contributed by atoms with van der Waals surface area (Å²) in [7, 11) is 0. The van der Waals surface area contributed by atoms with Crippen molar-refractivity contribution in [2.75, 3.05) is 11.1 Å². The summed E-state index contributed by atoms with van der Waals surface area (Å²) in [6, 6.07) is 16.5. The first-order valence-electron chi connectivity index (χ1n) is 9.00. The molecule has 6 nitrogen and oxygen atoms in total. The second-order valence-corrected chi connectivity index (χ2v) is 7.18. The topological polar surface area (TPSA) is 87.8 Å². The van der Waals surface area contributed by atoms with Crippen LogP contribution in [-0.4, -0.2) is 21.2 Å². The van der Waals surface area contributed by atoms with Crippen LogP contribution in [0.4, 0.5) is 5.69 Å². The van der Waals surface area contributed by atoms with Crippen molar-refractivity contribution in [3.8, 4) is 6.07 Å². The highest BCUT2D eigenvalue weighted by Crippen LogP contribution is 2.19. The first-order valence-corrected chi connectivity index (χ1v) is 9.99. The lowest BCUT2D eigenvalue weighted by Gasteiger charge is -2.12. The molecule has 1 N–H and O–H groups in total. The summed E-state index contributed by atoms with van der Waals surface area (Å²) >= 11 is 1.25. The van der Waals surface area contributed by atoms with Crippen LogP contribution >= 0.6 is 11.8 Å². The van der Waals surface area contributed by atoms with Crippen LogP contribution in [0.5, 0.6) is 0 Å². The number of hydrogen-bond donors (Lipinski definition) is 1. The number of rotatable bonds is 7. The van der Waals surface area contributed by atoms with E-state index in [1.165, 1.54) is 11.8 Å². The third-order valence-corrected chi connectivity index (χ3v) is 5.10. The summed E-state index contributed by atoms with van der Waals surface area (Å²) in [6.45, 7) is 2.56. The van der Waals surface area contributed by atoms with E-state index in [0.717, 1.165) is 12.0 Å². The number of carbonyl (C=O) groups excluding carboxylic acids is 1. The Morgan fingerprint density at radius 3 is 2.68 bits per heavy atom. The molecular formula is C21H20N4O2S. The van der Waals surface area contributed by atoms with Gasteiger partial charge in [-0.05, 0) is 36.2 Å². The molecule has 0 aliphatic heterocycles. The van der Waals surface area contributed by atoms with Gasteiger partial charge in [0.05, 0.1) is 29.1 Å². The van der Waals surface area contributed by atoms with Gasteiger partial charge in [-0.25, -0.2) is 4.98 Å². The van der Waals surface area contributed by atoms with Crippen LogP contribution in [0.1, 0.15) is 18.9 Å². The number of nitrogens with zero attached hydrogens (tertiary/aromatic N) is 3. The van der Waals surface area contributed by atoms with Crippen molar-refractivity contribution < 1.29 is 4.79 Å². The summed E-state index contributed by atoms with van der Waals surface area (Å²) in [4.78, 5) is 29.6. The molecule has 0 aliphatic carbocycles. The second-order valence-electron chi connectivity index (χ2n) is 6.24. The predicted octanol–water partition coefficient (Wildman–Crippen LogP) is 3.60. The van der Waals surface area contributed by atoms with E-state index in [9.17, 15) is 9.59 Å². The molecule has 0 radical (unpaired) electrons. The first kappa shape index (κ1) is 19.6. The molecule has 7 heteroatoms. The van der Waals surface area contributed by atoms with Gasteiger partial charge in [-0.15, -0.1) is 0 Å². The number of benzene rings is 2. The van der Waals surface area contributed by atoms with Gasteiger partial charge < -0.3 is 5.32 Å². The third kappa shape index (κ3) is 4.59. The number of fused-ring (bicyclic) bond motifs is 1. The molecule has 3 aromatic rings. The standard InChI is InChI=1S/C21H20N4O2S/c1-2-13-25-20(27)17-5-3-4-6-18(17)24-21(25)28-14-19(26)23-16-9-7-15(8-10-16)11-12-22/h3-10H,2,11,13-14H2,1H3,(H,23,26). The number of para-hydroxylation sites is 1. The van der Waals surface area contributed by atoms with E-state index in [1.54, 1.807) is 28.8 Å². The molecule has 0 bridgehead atoms. The zero-order chi connectivity index (χ0) is 19.9. The van der Waals surface area contributed by atoms with Gasteiger partial charge in [0.15, 0.2) is 5.16 Å². The lowest BCUT2D eigenvalue weighted by atomic mass is 10.1. The van der Waals surface area contributed by atoms with Crippen molar-refractivity contribution in [3.63, 3.8) is 0 Å². The van der Waals surface area contributed by atoms with Gasteiger partial charge in [-0.1, -0.05) is 43.0 Å². The lowest BCUT2D eigenvalue weighted by Crippen LogP contribution is -2.24. The molecule has 0 saturated carbocycles. The van der Waals surface area contributed by atoms with E-state index in [-0.39, 0.29) is 17.2 Å². The van der Waals surface area contributed by atoms with Crippen molar-refractivity contribution in [1.82, 2.24) is 9.55 Å². The summed E-state index contributed by atoms with van der Waals surface area (Å²) in [5.74, 6) is -0.0301. The molecule has 2 aromatic carbocycles. The maximum Gasteiger partial charge on any atom is 0.262 e. The van der Waals surface area contributed by atoms with Crippen LogP contribution in [-0.2, 0) is 17.8 Å². The van der Waals surface area contributed by atoms with Gasteiger partial charge in [0.25, 0.3) is 5.56 Å². The number of carbonyl (C=O) groups is 1. The zero-order valence-corrected chi connectivity index (χ0v) is 16.3. The molecule has 0 saturated heterocycles. The largest absolute Gasteiger partial charge is 0.325 e. The van der Waals surface area contributed by atoms with Crippen molar-refractivity contribution in [2.45, 2.75) is 31.5 Å². The van der Waals surface area contributed by atoms with Gasteiger partial charge >= 0.3 is 0 Å². The second kappa shape index (κ2) is 9.20. The Labute approximate surface area is 167 Å². The molecular weight excluding hydrogens is 372 g/mol. The number of thioether (sulfide) groups is 1. The fourth-order valence-corrected chi connectivity index (χ4v) is 3.63. The highest BCUT2D eigenvalue weighted by Gasteiger charge is 2.13. The average Bonchev–Trinajstić information content (AvgIpc) is 2.70. The Bertz CT molecular complexity index is 1080. The molecule has 1 aromatic heterocycles. The van der Waals surface area contributed by atoms with Crippen molar-refractivity contribution >= 4 is 34.3 Å². The number of nitrogens with one attached hydrogen (secondary N) is 1. The van der Waals surface area contributed by atoms with Crippen molar-refractivity contribution in [1.29, 1.82) is 5.26 Å². The number of amides is 1. The molecule has 3 rings (SSSR count). The molecule has 0 aliphatic rings.